The van der Waals surface area contributed by atoms with Gasteiger partial charge in [-0.2, -0.15) is 9.50 Å². The van der Waals surface area contributed by atoms with Crippen molar-refractivity contribution in [3.63, 3.8) is 0 Å². The van der Waals surface area contributed by atoms with Crippen molar-refractivity contribution in [1.29, 1.82) is 0 Å². The number of fused-ring (bicyclic) bond motifs is 1. The van der Waals surface area contributed by atoms with Crippen molar-refractivity contribution in [1.82, 2.24) is 14.6 Å². The first-order chi connectivity index (χ1) is 11.6. The zero-order valence-electron chi connectivity index (χ0n) is 12.1. The van der Waals surface area contributed by atoms with E-state index in [1.807, 2.05) is 0 Å². The number of hydrogen-bond donors (Lipinski definition) is 0. The Morgan fingerprint density at radius 1 is 0.958 bits per heavy atom. The smallest absolute Gasteiger partial charge is 0.266 e. The molecule has 4 aromatic rings. The first kappa shape index (κ1) is 14.6. The molecular formula is C17H9F2N3OS. The van der Waals surface area contributed by atoms with Gasteiger partial charge in [0.2, 0.25) is 4.96 Å². The molecule has 24 heavy (non-hydrogen) atoms. The summed E-state index contributed by atoms with van der Waals surface area (Å²) in [6.07, 6.45) is 1.67. The van der Waals surface area contributed by atoms with Crippen molar-refractivity contribution in [2.24, 2.45) is 0 Å². The second kappa shape index (κ2) is 5.61. The average molecular weight is 341 g/mol. The van der Waals surface area contributed by atoms with Gasteiger partial charge in [-0.25, -0.2) is 8.78 Å². The van der Waals surface area contributed by atoms with Crippen LogP contribution >= 0.6 is 11.3 Å². The molecule has 0 aliphatic heterocycles. The summed E-state index contributed by atoms with van der Waals surface area (Å²) in [5.74, 6) is -0.312. The van der Waals surface area contributed by atoms with E-state index in [1.165, 1.54) is 40.1 Å². The Bertz CT molecular complexity index is 1130. The molecule has 0 saturated carbocycles. The Hall–Kier alpha value is -2.93. The Balaban J connectivity index is 1.79. The van der Waals surface area contributed by atoms with E-state index in [0.29, 0.717) is 20.9 Å². The highest BCUT2D eigenvalue weighted by Crippen LogP contribution is 2.16. The lowest BCUT2D eigenvalue weighted by atomic mass is 10.2. The first-order valence-electron chi connectivity index (χ1n) is 7.03. The average Bonchev–Trinajstić information content (AvgIpc) is 3.11. The van der Waals surface area contributed by atoms with Crippen LogP contribution < -0.4 is 10.1 Å². The summed E-state index contributed by atoms with van der Waals surface area (Å²) in [6.45, 7) is 0. The lowest BCUT2D eigenvalue weighted by Gasteiger charge is -1.93. The molecule has 0 amide bonds. The molecule has 0 spiro atoms. The monoisotopic (exact) mass is 341 g/mol. The van der Waals surface area contributed by atoms with Crippen LogP contribution in [0.4, 0.5) is 8.78 Å². The van der Waals surface area contributed by atoms with Gasteiger partial charge in [0.1, 0.15) is 11.6 Å². The summed E-state index contributed by atoms with van der Waals surface area (Å²) in [7, 11) is 0. The molecule has 118 valence electrons. The highest BCUT2D eigenvalue weighted by Gasteiger charge is 2.11. The van der Waals surface area contributed by atoms with Crippen molar-refractivity contribution < 1.29 is 8.78 Å². The van der Waals surface area contributed by atoms with Crippen LogP contribution in [-0.4, -0.2) is 14.6 Å². The fourth-order valence-corrected chi connectivity index (χ4v) is 3.17. The normalized spacial score (nSPS) is 12.2. The Morgan fingerprint density at radius 2 is 1.58 bits per heavy atom. The number of hydrogen-bond acceptors (Lipinski definition) is 4. The van der Waals surface area contributed by atoms with Crippen LogP contribution in [0.25, 0.3) is 22.4 Å². The van der Waals surface area contributed by atoms with Crippen LogP contribution in [0.3, 0.4) is 0 Å². The van der Waals surface area contributed by atoms with Crippen LogP contribution in [-0.2, 0) is 0 Å². The first-order valence-corrected chi connectivity index (χ1v) is 7.84. The molecule has 2 heterocycles. The Morgan fingerprint density at radius 3 is 2.21 bits per heavy atom. The Labute approximate surface area is 138 Å². The van der Waals surface area contributed by atoms with E-state index in [-0.39, 0.29) is 17.2 Å². The molecule has 7 heteroatoms. The summed E-state index contributed by atoms with van der Waals surface area (Å²) >= 11 is 1.20. The molecule has 4 rings (SSSR count). The second-order valence-electron chi connectivity index (χ2n) is 5.10. The van der Waals surface area contributed by atoms with Crippen LogP contribution in [0.5, 0.6) is 0 Å². The van der Waals surface area contributed by atoms with Gasteiger partial charge in [0, 0.05) is 5.56 Å². The summed E-state index contributed by atoms with van der Waals surface area (Å²) in [5.41, 5.74) is 1.06. The van der Waals surface area contributed by atoms with Crippen LogP contribution in [0.2, 0.25) is 0 Å². The van der Waals surface area contributed by atoms with Gasteiger partial charge in [-0.05, 0) is 48.0 Å². The van der Waals surface area contributed by atoms with E-state index in [1.54, 1.807) is 30.3 Å². The molecule has 0 aliphatic carbocycles. The van der Waals surface area contributed by atoms with Crippen molar-refractivity contribution in [3.8, 4) is 11.4 Å². The minimum atomic E-state index is -0.347. The van der Waals surface area contributed by atoms with Crippen molar-refractivity contribution in [2.75, 3.05) is 0 Å². The maximum atomic E-state index is 13.0. The van der Waals surface area contributed by atoms with Gasteiger partial charge in [0.05, 0.1) is 4.53 Å². The minimum Gasteiger partial charge on any atom is -0.266 e. The van der Waals surface area contributed by atoms with Crippen LogP contribution in [0, 0.1) is 11.6 Å². The maximum Gasteiger partial charge on any atom is 0.291 e. The number of nitrogens with zero attached hydrogens (tertiary/aromatic N) is 3. The third-order valence-electron chi connectivity index (χ3n) is 3.45. The maximum absolute atomic E-state index is 13.0. The molecule has 0 N–H and O–H groups in total. The molecule has 2 aromatic heterocycles. The SMILES string of the molecule is O=c1/c(=C\c2ccc(F)cc2)sc2nc(-c3ccc(F)cc3)nn12. The molecule has 0 radical (unpaired) electrons. The number of halogens is 2. The molecule has 0 bridgehead atoms. The summed E-state index contributed by atoms with van der Waals surface area (Å²) < 4.78 is 27.6. The quantitative estimate of drug-likeness (QED) is 0.563. The highest BCUT2D eigenvalue weighted by molar-refractivity contribution is 7.15. The minimum absolute atomic E-state index is 0.291. The standard InChI is InChI=1S/C17H9F2N3OS/c18-12-5-1-10(2-6-12)9-14-16(23)22-17(24-14)20-15(21-22)11-3-7-13(19)8-4-11/h1-9H/b14-9+. The second-order valence-corrected chi connectivity index (χ2v) is 6.11. The van der Waals surface area contributed by atoms with Crippen molar-refractivity contribution >= 4 is 22.4 Å². The predicted octanol–water partition coefficient (Wildman–Crippen LogP) is 2.64. The number of rotatable bonds is 2. The Kier molecular flexibility index (Phi) is 3.42. The molecule has 2 aromatic carbocycles. The van der Waals surface area contributed by atoms with Gasteiger partial charge in [0.15, 0.2) is 5.82 Å². The fraction of sp³-hybridized carbons (Fsp3) is 0. The van der Waals surface area contributed by atoms with Gasteiger partial charge in [-0.1, -0.05) is 23.5 Å². The van der Waals surface area contributed by atoms with Gasteiger partial charge < -0.3 is 0 Å². The summed E-state index contributed by atoms with van der Waals surface area (Å²) in [6, 6.07) is 11.6. The van der Waals surface area contributed by atoms with Gasteiger partial charge in [-0.15, -0.1) is 5.10 Å². The molecular weight excluding hydrogens is 332 g/mol. The van der Waals surface area contributed by atoms with Gasteiger partial charge in [-0.3, -0.25) is 4.79 Å². The lowest BCUT2D eigenvalue weighted by Crippen LogP contribution is -2.23. The third-order valence-corrected chi connectivity index (χ3v) is 4.41. The number of thiazole rings is 1. The van der Waals surface area contributed by atoms with Gasteiger partial charge in [0.25, 0.3) is 5.56 Å². The van der Waals surface area contributed by atoms with Gasteiger partial charge >= 0.3 is 0 Å². The van der Waals surface area contributed by atoms with E-state index in [9.17, 15) is 13.6 Å². The van der Waals surface area contributed by atoms with E-state index in [0.717, 1.165) is 5.56 Å². The van der Waals surface area contributed by atoms with Crippen LogP contribution in [0.15, 0.2) is 53.3 Å². The summed E-state index contributed by atoms with van der Waals surface area (Å²) in [5, 5.41) is 4.19. The van der Waals surface area contributed by atoms with Crippen LogP contribution in [0.1, 0.15) is 5.56 Å². The summed E-state index contributed by atoms with van der Waals surface area (Å²) in [4.78, 5) is 17.2. The molecule has 4 nitrogen and oxygen atoms in total. The lowest BCUT2D eigenvalue weighted by molar-refractivity contribution is 0.627. The molecule has 0 saturated heterocycles. The van der Waals surface area contributed by atoms with E-state index < -0.39 is 0 Å². The molecule has 0 atom stereocenters. The molecule has 0 unspecified atom stereocenters. The zero-order chi connectivity index (χ0) is 16.7. The largest absolute Gasteiger partial charge is 0.291 e. The van der Waals surface area contributed by atoms with E-state index in [4.69, 9.17) is 0 Å². The fourth-order valence-electron chi connectivity index (χ4n) is 2.27. The van der Waals surface area contributed by atoms with Crippen molar-refractivity contribution in [2.45, 2.75) is 0 Å². The van der Waals surface area contributed by atoms with Crippen molar-refractivity contribution in [3.05, 3.63) is 80.6 Å². The van der Waals surface area contributed by atoms with E-state index >= 15 is 0 Å². The molecule has 0 fully saturated rings. The third kappa shape index (κ3) is 2.59. The number of aromatic nitrogens is 3. The highest BCUT2D eigenvalue weighted by atomic mass is 32.1. The topological polar surface area (TPSA) is 47.3 Å². The van der Waals surface area contributed by atoms with E-state index in [2.05, 4.69) is 10.1 Å². The number of benzene rings is 2. The molecule has 0 aliphatic rings. The zero-order valence-corrected chi connectivity index (χ0v) is 12.9. The predicted molar refractivity (Wildman–Crippen MR) is 87.7 cm³/mol.